The van der Waals surface area contributed by atoms with E-state index < -0.39 is 0 Å². The molecule has 0 saturated heterocycles. The van der Waals surface area contributed by atoms with Crippen molar-refractivity contribution in [2.24, 2.45) is 0 Å². The molecule has 0 aliphatic carbocycles. The fourth-order valence-corrected chi connectivity index (χ4v) is 0.126. The van der Waals surface area contributed by atoms with Crippen LogP contribution in [-0.2, 0) is 9.63 Å². The van der Waals surface area contributed by atoms with Crippen LogP contribution in [0.2, 0.25) is 0 Å². The number of hydrogen-bond acceptors (Lipinski definition) is 3. The zero-order valence-corrected chi connectivity index (χ0v) is 3.68. The first-order chi connectivity index (χ1) is 3.41. The molecule has 0 aromatic heterocycles. The first-order valence-electron chi connectivity index (χ1n) is 1.76. The maximum atomic E-state index is 9.24. The Bertz CT molecular complexity index is 47.4. The molecule has 1 amide bonds. The predicted molar refractivity (Wildman–Crippen MR) is 21.9 cm³/mol. The molecule has 4 nitrogen and oxygen atoms in total. The number of carbonyl (C=O) groups excluding carboxylic acids is 1. The number of hydroxylamine groups is 1. The molecule has 0 spiro atoms. The van der Waals surface area contributed by atoms with Gasteiger partial charge in [0.2, 0.25) is 0 Å². The zero-order chi connectivity index (χ0) is 5.54. The minimum atomic E-state index is -0.103. The van der Waals surface area contributed by atoms with Crippen molar-refractivity contribution >= 4 is 6.41 Å². The lowest BCUT2D eigenvalue weighted by atomic mass is 10.8. The average Bonchev–Trinajstić information content (AvgIpc) is 1.69. The van der Waals surface area contributed by atoms with Crippen LogP contribution in [0, 0.1) is 0 Å². The Kier molecular flexibility index (Phi) is 4.92. The maximum absolute atomic E-state index is 9.24. The minimum absolute atomic E-state index is 0.103. The van der Waals surface area contributed by atoms with Crippen LogP contribution in [0.1, 0.15) is 0 Å². The molecule has 0 bridgehead atoms. The highest BCUT2D eigenvalue weighted by Crippen LogP contribution is 1.58. The third-order valence-corrected chi connectivity index (χ3v) is 0.307. The van der Waals surface area contributed by atoms with Crippen molar-refractivity contribution in [2.75, 3.05) is 13.2 Å². The molecule has 2 N–H and O–H groups in total. The second-order valence-corrected chi connectivity index (χ2v) is 0.776. The van der Waals surface area contributed by atoms with Crippen molar-refractivity contribution < 1.29 is 14.7 Å². The highest BCUT2D eigenvalue weighted by atomic mass is 16.7. The molecule has 0 aliphatic heterocycles. The topological polar surface area (TPSA) is 58.6 Å². The number of aliphatic hydroxyl groups is 1. The second kappa shape index (κ2) is 5.39. The molecule has 0 aliphatic rings. The first-order valence-corrected chi connectivity index (χ1v) is 1.76. The minimum Gasteiger partial charge on any atom is -0.394 e. The van der Waals surface area contributed by atoms with Gasteiger partial charge in [0.05, 0.1) is 13.2 Å². The van der Waals surface area contributed by atoms with Crippen molar-refractivity contribution in [3.8, 4) is 0 Å². The highest BCUT2D eigenvalue weighted by Gasteiger charge is 1.77. The van der Waals surface area contributed by atoms with E-state index in [2.05, 4.69) is 4.84 Å². The van der Waals surface area contributed by atoms with E-state index in [9.17, 15) is 4.79 Å². The molecule has 0 aromatic carbocycles. The lowest BCUT2D eigenvalue weighted by Crippen LogP contribution is -2.13. The Labute approximate surface area is 41.0 Å². The Morgan fingerprint density at radius 1 is 1.86 bits per heavy atom. The Hall–Kier alpha value is -0.610. The van der Waals surface area contributed by atoms with E-state index in [1.807, 2.05) is 0 Å². The lowest BCUT2D eigenvalue weighted by molar-refractivity contribution is 0.0519. The van der Waals surface area contributed by atoms with Gasteiger partial charge in [0, 0.05) is 0 Å². The van der Waals surface area contributed by atoms with Gasteiger partial charge in [-0.2, -0.15) is 0 Å². The van der Waals surface area contributed by atoms with Crippen molar-refractivity contribution in [3.63, 3.8) is 0 Å². The molecule has 0 unspecified atom stereocenters. The Morgan fingerprint density at radius 3 is 3.00 bits per heavy atom. The van der Waals surface area contributed by atoms with Crippen molar-refractivity contribution in [2.45, 2.75) is 0 Å². The fraction of sp³-hybridized carbons (Fsp3) is 0.667. The van der Waals surface area contributed by atoms with E-state index in [0.29, 0.717) is 0 Å². The molecule has 41 valence electrons. The Morgan fingerprint density at radius 2 is 2.57 bits per heavy atom. The average molecular weight is 104 g/mol. The van der Waals surface area contributed by atoms with E-state index in [0.717, 1.165) is 0 Å². The van der Waals surface area contributed by atoms with Gasteiger partial charge in [-0.3, -0.25) is 9.63 Å². The van der Waals surface area contributed by atoms with Crippen LogP contribution in [0.15, 0.2) is 0 Å². The fourth-order valence-electron chi connectivity index (χ4n) is 0.126. The summed E-state index contributed by atoms with van der Waals surface area (Å²) in [6.07, 6.45) is 1.27. The van der Waals surface area contributed by atoms with Gasteiger partial charge >= 0.3 is 6.41 Å². The molecule has 0 atom stereocenters. The monoisotopic (exact) mass is 104 g/mol. The first kappa shape index (κ1) is 6.39. The molecule has 0 heterocycles. The molecule has 0 saturated carbocycles. The number of aliphatic hydroxyl groups excluding tert-OH is 1. The maximum Gasteiger partial charge on any atom is 0.335 e. The number of hydrogen-bond donors (Lipinski definition) is 2. The Balaban J connectivity index is 2.56. The van der Waals surface area contributed by atoms with Gasteiger partial charge < -0.3 is 5.11 Å². The van der Waals surface area contributed by atoms with Crippen LogP contribution in [-0.4, -0.2) is 24.7 Å². The standard InChI is InChI=1S/C3H6NO3/c5-1-2-7-4-3-6/h5H,1-2H2,(H,4,6). The van der Waals surface area contributed by atoms with Gasteiger partial charge in [0.1, 0.15) is 0 Å². The van der Waals surface area contributed by atoms with Crippen LogP contribution in [0.5, 0.6) is 0 Å². The zero-order valence-electron chi connectivity index (χ0n) is 3.68. The number of rotatable bonds is 4. The van der Waals surface area contributed by atoms with Gasteiger partial charge in [-0.1, -0.05) is 0 Å². The molecule has 1 radical (unpaired) electrons. The van der Waals surface area contributed by atoms with Crippen molar-refractivity contribution in [3.05, 3.63) is 0 Å². The largest absolute Gasteiger partial charge is 0.394 e. The molecular weight excluding hydrogens is 98.0 g/mol. The number of nitrogens with one attached hydrogen (secondary N) is 1. The van der Waals surface area contributed by atoms with E-state index in [4.69, 9.17) is 5.11 Å². The van der Waals surface area contributed by atoms with Crippen molar-refractivity contribution in [1.29, 1.82) is 0 Å². The van der Waals surface area contributed by atoms with Crippen LogP contribution < -0.4 is 5.48 Å². The molecule has 0 fully saturated rings. The van der Waals surface area contributed by atoms with Gasteiger partial charge in [-0.25, -0.2) is 5.48 Å². The SMILES string of the molecule is O=[C]NOCCO. The van der Waals surface area contributed by atoms with Crippen LogP contribution >= 0.6 is 0 Å². The van der Waals surface area contributed by atoms with E-state index in [1.54, 1.807) is 5.48 Å². The van der Waals surface area contributed by atoms with Crippen LogP contribution in [0.4, 0.5) is 0 Å². The molecular formula is C3H6NO3. The summed E-state index contributed by atoms with van der Waals surface area (Å²) in [6.45, 7) is 0.00389. The van der Waals surface area contributed by atoms with Gasteiger partial charge in [-0.05, 0) is 0 Å². The summed E-state index contributed by atoms with van der Waals surface area (Å²) < 4.78 is 0. The van der Waals surface area contributed by atoms with E-state index in [1.165, 1.54) is 6.41 Å². The lowest BCUT2D eigenvalue weighted by Gasteiger charge is -1.91. The third-order valence-electron chi connectivity index (χ3n) is 0.307. The van der Waals surface area contributed by atoms with E-state index in [-0.39, 0.29) is 13.2 Å². The second-order valence-electron chi connectivity index (χ2n) is 0.776. The summed E-state index contributed by atoms with van der Waals surface area (Å²) in [7, 11) is 0. The highest BCUT2D eigenvalue weighted by molar-refractivity contribution is 5.44. The molecule has 4 heteroatoms. The quantitative estimate of drug-likeness (QED) is 0.261. The normalized spacial score (nSPS) is 8.14. The van der Waals surface area contributed by atoms with Gasteiger partial charge in [0.25, 0.3) is 0 Å². The summed E-state index contributed by atoms with van der Waals surface area (Å²) in [4.78, 5) is 13.4. The molecule has 0 rings (SSSR count). The summed E-state index contributed by atoms with van der Waals surface area (Å²) in [6, 6.07) is 0. The smallest absolute Gasteiger partial charge is 0.335 e. The van der Waals surface area contributed by atoms with Gasteiger partial charge in [0.15, 0.2) is 0 Å². The molecule has 7 heavy (non-hydrogen) atoms. The third kappa shape index (κ3) is 5.39. The van der Waals surface area contributed by atoms with E-state index >= 15 is 0 Å². The van der Waals surface area contributed by atoms with Crippen LogP contribution in [0.3, 0.4) is 0 Å². The van der Waals surface area contributed by atoms with Crippen LogP contribution in [0.25, 0.3) is 0 Å². The predicted octanol–water partition coefficient (Wildman–Crippen LogP) is -1.43. The van der Waals surface area contributed by atoms with Crippen molar-refractivity contribution in [1.82, 2.24) is 5.48 Å². The van der Waals surface area contributed by atoms with Gasteiger partial charge in [-0.15, -0.1) is 0 Å². The molecule has 0 aromatic rings. The summed E-state index contributed by atoms with van der Waals surface area (Å²) in [5.74, 6) is 0. The summed E-state index contributed by atoms with van der Waals surface area (Å²) >= 11 is 0. The summed E-state index contributed by atoms with van der Waals surface area (Å²) in [5, 5.41) is 8.00. The summed E-state index contributed by atoms with van der Waals surface area (Å²) in [5.41, 5.74) is 1.78. The number of amides is 1.